The maximum atomic E-state index is 11.5. The Hall–Kier alpha value is -1.76. The van der Waals surface area contributed by atoms with Crippen LogP contribution in [0, 0.1) is 6.92 Å². The summed E-state index contributed by atoms with van der Waals surface area (Å²) in [6.07, 6.45) is 0.560. The maximum absolute atomic E-state index is 11.5. The van der Waals surface area contributed by atoms with Crippen molar-refractivity contribution in [3.63, 3.8) is 0 Å². The van der Waals surface area contributed by atoms with Gasteiger partial charge in [0, 0.05) is 24.5 Å². The molecule has 0 radical (unpaired) electrons. The fourth-order valence-corrected chi connectivity index (χ4v) is 4.23. The normalized spacial score (nSPS) is 20.8. The number of rotatable bonds is 3. The van der Waals surface area contributed by atoms with Crippen molar-refractivity contribution >= 4 is 27.2 Å². The number of anilines is 2. The summed E-state index contributed by atoms with van der Waals surface area (Å²) >= 11 is 0. The highest BCUT2D eigenvalue weighted by atomic mass is 32.2. The third-order valence-corrected chi connectivity index (χ3v) is 5.52. The minimum absolute atomic E-state index is 0.0488. The molecule has 0 saturated carbocycles. The molecule has 1 fully saturated rings. The summed E-state index contributed by atoms with van der Waals surface area (Å²) < 4.78 is 23.1. The quantitative estimate of drug-likeness (QED) is 0.804. The molecule has 7 heteroatoms. The van der Waals surface area contributed by atoms with Crippen molar-refractivity contribution in [2.45, 2.75) is 19.4 Å². The van der Waals surface area contributed by atoms with Crippen LogP contribution in [-0.2, 0) is 9.84 Å². The highest BCUT2D eigenvalue weighted by molar-refractivity contribution is 7.91. The van der Waals surface area contributed by atoms with E-state index in [1.54, 1.807) is 20.0 Å². The van der Waals surface area contributed by atoms with Gasteiger partial charge in [-0.3, -0.25) is 0 Å². The number of aryl methyl sites for hydroxylation is 1. The van der Waals surface area contributed by atoms with Gasteiger partial charge >= 0.3 is 5.97 Å². The Morgan fingerprint density at radius 2 is 2.10 bits per heavy atom. The van der Waals surface area contributed by atoms with Crippen LogP contribution in [0.25, 0.3) is 0 Å². The molecule has 0 amide bonds. The number of carboxylic acids is 1. The fraction of sp³-hybridized carbons (Fsp3) is 0.462. The molecule has 3 N–H and O–H groups in total. The Kier molecular flexibility index (Phi) is 3.64. The molecule has 1 aromatic carbocycles. The second-order valence-corrected chi connectivity index (χ2v) is 7.43. The summed E-state index contributed by atoms with van der Waals surface area (Å²) in [6, 6.07) is 3.16. The minimum atomic E-state index is -2.98. The predicted octanol–water partition coefficient (Wildman–Crippen LogP) is 0.899. The van der Waals surface area contributed by atoms with Gasteiger partial charge in [0.05, 0.1) is 17.1 Å². The summed E-state index contributed by atoms with van der Waals surface area (Å²) in [4.78, 5) is 13.0. The van der Waals surface area contributed by atoms with E-state index in [1.807, 2.05) is 4.90 Å². The molecule has 1 unspecified atom stereocenters. The lowest BCUT2D eigenvalue weighted by Crippen LogP contribution is -2.32. The number of carboxylic acid groups (broad SMARTS) is 1. The van der Waals surface area contributed by atoms with Crippen molar-refractivity contribution in [1.82, 2.24) is 0 Å². The zero-order valence-corrected chi connectivity index (χ0v) is 12.3. The third-order valence-electron chi connectivity index (χ3n) is 3.77. The van der Waals surface area contributed by atoms with E-state index in [1.165, 1.54) is 6.07 Å². The molecule has 0 aromatic heterocycles. The first-order valence-electron chi connectivity index (χ1n) is 6.28. The average Bonchev–Trinajstić information content (AvgIpc) is 2.71. The van der Waals surface area contributed by atoms with Crippen LogP contribution in [0.15, 0.2) is 12.1 Å². The van der Waals surface area contributed by atoms with E-state index in [2.05, 4.69) is 0 Å². The highest BCUT2D eigenvalue weighted by Crippen LogP contribution is 2.28. The Bertz CT molecular complexity index is 655. The molecule has 1 saturated heterocycles. The Morgan fingerprint density at radius 3 is 2.60 bits per heavy atom. The molecule has 6 nitrogen and oxygen atoms in total. The molecule has 1 aliphatic heterocycles. The van der Waals surface area contributed by atoms with Crippen LogP contribution in [0.4, 0.5) is 11.4 Å². The molecule has 0 spiro atoms. The summed E-state index contributed by atoms with van der Waals surface area (Å²) in [7, 11) is -1.20. The molecule has 0 aliphatic carbocycles. The predicted molar refractivity (Wildman–Crippen MR) is 78.0 cm³/mol. The van der Waals surface area contributed by atoms with Crippen LogP contribution < -0.4 is 10.6 Å². The summed E-state index contributed by atoms with van der Waals surface area (Å²) in [5, 5.41) is 9.15. The van der Waals surface area contributed by atoms with Gasteiger partial charge in [0.2, 0.25) is 0 Å². The SMILES string of the molecule is Cc1cc(N(C)C2CCS(=O)(=O)C2)cc(C(=O)O)c1N. The van der Waals surface area contributed by atoms with Gasteiger partial charge in [-0.25, -0.2) is 13.2 Å². The van der Waals surface area contributed by atoms with Gasteiger partial charge in [0.25, 0.3) is 0 Å². The molecular formula is C13H18N2O4S. The lowest BCUT2D eigenvalue weighted by molar-refractivity contribution is 0.0698. The van der Waals surface area contributed by atoms with E-state index in [0.29, 0.717) is 17.7 Å². The van der Waals surface area contributed by atoms with Crippen molar-refractivity contribution in [2.24, 2.45) is 0 Å². The number of sulfone groups is 1. The summed E-state index contributed by atoms with van der Waals surface area (Å²) in [5.74, 6) is -0.795. The molecular weight excluding hydrogens is 280 g/mol. The second-order valence-electron chi connectivity index (χ2n) is 5.20. The number of nitrogen functional groups attached to an aromatic ring is 1. The minimum Gasteiger partial charge on any atom is -0.478 e. The van der Waals surface area contributed by atoms with Crippen LogP contribution in [-0.4, -0.2) is 44.1 Å². The first-order chi connectivity index (χ1) is 9.21. The highest BCUT2D eigenvalue weighted by Gasteiger charge is 2.31. The molecule has 2 rings (SSSR count). The summed E-state index contributed by atoms with van der Waals surface area (Å²) in [6.45, 7) is 1.74. The van der Waals surface area contributed by atoms with E-state index < -0.39 is 15.8 Å². The molecule has 1 heterocycles. The van der Waals surface area contributed by atoms with Crippen molar-refractivity contribution in [3.05, 3.63) is 23.3 Å². The number of hydrogen-bond acceptors (Lipinski definition) is 5. The molecule has 0 bridgehead atoms. The first kappa shape index (κ1) is 14.6. The Balaban J connectivity index is 2.36. The third kappa shape index (κ3) is 2.72. The molecule has 1 aliphatic rings. The van der Waals surface area contributed by atoms with Gasteiger partial charge in [-0.1, -0.05) is 0 Å². The Labute approximate surface area is 118 Å². The van der Waals surface area contributed by atoms with Crippen molar-refractivity contribution in [2.75, 3.05) is 29.2 Å². The lowest BCUT2D eigenvalue weighted by Gasteiger charge is -2.26. The zero-order chi connectivity index (χ0) is 15.1. The van der Waals surface area contributed by atoms with Gasteiger partial charge < -0.3 is 15.7 Å². The van der Waals surface area contributed by atoms with E-state index in [4.69, 9.17) is 10.8 Å². The van der Waals surface area contributed by atoms with Gasteiger partial charge in [-0.2, -0.15) is 0 Å². The van der Waals surface area contributed by atoms with Crippen LogP contribution in [0.5, 0.6) is 0 Å². The smallest absolute Gasteiger partial charge is 0.337 e. The maximum Gasteiger partial charge on any atom is 0.337 e. The van der Waals surface area contributed by atoms with Gasteiger partial charge in [-0.15, -0.1) is 0 Å². The molecule has 20 heavy (non-hydrogen) atoms. The topological polar surface area (TPSA) is 101 Å². The Morgan fingerprint density at radius 1 is 1.45 bits per heavy atom. The number of benzene rings is 1. The van der Waals surface area contributed by atoms with Crippen LogP contribution in [0.2, 0.25) is 0 Å². The number of hydrogen-bond donors (Lipinski definition) is 2. The number of nitrogens with two attached hydrogens (primary N) is 1. The van der Waals surface area contributed by atoms with Crippen molar-refractivity contribution < 1.29 is 18.3 Å². The van der Waals surface area contributed by atoms with Crippen LogP contribution in [0.1, 0.15) is 22.3 Å². The largest absolute Gasteiger partial charge is 0.478 e. The van der Waals surface area contributed by atoms with Crippen LogP contribution in [0.3, 0.4) is 0 Å². The number of aromatic carboxylic acids is 1. The standard InChI is InChI=1S/C13H18N2O4S/c1-8-5-10(6-11(12(8)14)13(16)17)15(2)9-3-4-20(18,19)7-9/h5-6,9H,3-4,7,14H2,1-2H3,(H,16,17). The van der Waals surface area contributed by atoms with E-state index in [0.717, 1.165) is 0 Å². The lowest BCUT2D eigenvalue weighted by atomic mass is 10.1. The second kappa shape index (κ2) is 4.97. The van der Waals surface area contributed by atoms with Gasteiger partial charge in [-0.05, 0) is 31.0 Å². The number of carbonyl (C=O) groups is 1. The van der Waals surface area contributed by atoms with Crippen molar-refractivity contribution in [3.8, 4) is 0 Å². The van der Waals surface area contributed by atoms with Gasteiger partial charge in [0.1, 0.15) is 0 Å². The average molecular weight is 298 g/mol. The molecule has 1 atom stereocenters. The molecule has 1 aromatic rings. The van der Waals surface area contributed by atoms with E-state index >= 15 is 0 Å². The number of nitrogens with zero attached hydrogens (tertiary/aromatic N) is 1. The zero-order valence-electron chi connectivity index (χ0n) is 11.5. The van der Waals surface area contributed by atoms with E-state index in [9.17, 15) is 13.2 Å². The fourth-order valence-electron chi connectivity index (χ4n) is 2.45. The monoisotopic (exact) mass is 298 g/mol. The van der Waals surface area contributed by atoms with Crippen LogP contribution >= 0.6 is 0 Å². The summed E-state index contributed by atoms with van der Waals surface area (Å²) in [5.41, 5.74) is 7.40. The van der Waals surface area contributed by atoms with Gasteiger partial charge in [0.15, 0.2) is 9.84 Å². The first-order valence-corrected chi connectivity index (χ1v) is 8.10. The van der Waals surface area contributed by atoms with E-state index in [-0.39, 0.29) is 28.8 Å². The molecule has 110 valence electrons. The van der Waals surface area contributed by atoms with Crippen molar-refractivity contribution in [1.29, 1.82) is 0 Å².